The Morgan fingerprint density at radius 2 is 1.56 bits per heavy atom. The highest BCUT2D eigenvalue weighted by Gasteiger charge is 2.21. The molecule has 0 atom stereocenters. The lowest BCUT2D eigenvalue weighted by molar-refractivity contribution is -0.130. The minimum Gasteiger partial charge on any atom is -0.368 e. The van der Waals surface area contributed by atoms with Crippen LogP contribution in [0.25, 0.3) is 0 Å². The fraction of sp³-hybridized carbons (Fsp3) is 0.263. The normalized spacial score (nSPS) is 14.3. The Morgan fingerprint density at radius 3 is 2.20 bits per heavy atom. The third-order valence-corrected chi connectivity index (χ3v) is 4.26. The summed E-state index contributed by atoms with van der Waals surface area (Å²) in [5.41, 5.74) is 1.49. The van der Waals surface area contributed by atoms with E-state index in [-0.39, 0.29) is 24.2 Å². The molecule has 1 heterocycles. The first-order valence-corrected chi connectivity index (χ1v) is 8.25. The van der Waals surface area contributed by atoms with Crippen LogP contribution >= 0.6 is 0 Å². The average molecular weight is 341 g/mol. The highest BCUT2D eigenvalue weighted by molar-refractivity contribution is 5.96. The van der Waals surface area contributed by atoms with Gasteiger partial charge in [0.15, 0.2) is 0 Å². The zero-order valence-corrected chi connectivity index (χ0v) is 13.8. The minimum atomic E-state index is -0.258. The Hall–Kier alpha value is -2.89. The summed E-state index contributed by atoms with van der Waals surface area (Å²) < 4.78 is 13.0. The maximum atomic E-state index is 13.0. The number of halogens is 1. The largest absolute Gasteiger partial charge is 0.368 e. The molecule has 25 heavy (non-hydrogen) atoms. The molecule has 2 amide bonds. The predicted molar refractivity (Wildman–Crippen MR) is 94.0 cm³/mol. The van der Waals surface area contributed by atoms with Gasteiger partial charge in [0.05, 0.1) is 6.54 Å². The van der Waals surface area contributed by atoms with Crippen LogP contribution in [0.5, 0.6) is 0 Å². The Balaban J connectivity index is 1.47. The summed E-state index contributed by atoms with van der Waals surface area (Å²) in [6.07, 6.45) is 0. The fourth-order valence-electron chi connectivity index (χ4n) is 2.83. The average Bonchev–Trinajstić information content (AvgIpc) is 2.67. The molecule has 0 aromatic heterocycles. The van der Waals surface area contributed by atoms with Crippen molar-refractivity contribution in [3.05, 3.63) is 66.0 Å². The van der Waals surface area contributed by atoms with Crippen LogP contribution in [0.2, 0.25) is 0 Å². The molecule has 1 saturated heterocycles. The number of amides is 2. The first kappa shape index (κ1) is 17.0. The van der Waals surface area contributed by atoms with Crippen LogP contribution in [-0.4, -0.2) is 49.4 Å². The first-order chi connectivity index (χ1) is 12.1. The number of nitrogens with zero attached hydrogens (tertiary/aromatic N) is 2. The second-order valence-electron chi connectivity index (χ2n) is 5.89. The van der Waals surface area contributed by atoms with Crippen LogP contribution in [0.4, 0.5) is 10.1 Å². The fourth-order valence-corrected chi connectivity index (χ4v) is 2.83. The van der Waals surface area contributed by atoms with E-state index in [1.165, 1.54) is 12.1 Å². The number of hydrogen-bond donors (Lipinski definition) is 1. The molecular formula is C19H20FN3O2. The van der Waals surface area contributed by atoms with Crippen LogP contribution in [0, 0.1) is 5.82 Å². The molecule has 1 aliphatic heterocycles. The molecule has 0 unspecified atom stereocenters. The minimum absolute atomic E-state index is 0.00965. The lowest BCUT2D eigenvalue weighted by atomic mass is 10.2. The zero-order chi connectivity index (χ0) is 17.6. The molecule has 5 nitrogen and oxygen atoms in total. The molecule has 2 aromatic carbocycles. The zero-order valence-electron chi connectivity index (χ0n) is 13.8. The topological polar surface area (TPSA) is 52.7 Å². The van der Waals surface area contributed by atoms with Gasteiger partial charge in [-0.3, -0.25) is 9.59 Å². The second-order valence-corrected chi connectivity index (χ2v) is 5.89. The third kappa shape index (κ3) is 4.35. The van der Waals surface area contributed by atoms with E-state index in [9.17, 15) is 14.0 Å². The maximum absolute atomic E-state index is 13.0. The molecule has 0 spiro atoms. The molecule has 6 heteroatoms. The van der Waals surface area contributed by atoms with Crippen LogP contribution in [0.3, 0.4) is 0 Å². The summed E-state index contributed by atoms with van der Waals surface area (Å²) in [5, 5.41) is 2.66. The van der Waals surface area contributed by atoms with Crippen molar-refractivity contribution < 1.29 is 14.0 Å². The van der Waals surface area contributed by atoms with Gasteiger partial charge in [-0.2, -0.15) is 0 Å². The van der Waals surface area contributed by atoms with Crippen molar-refractivity contribution in [3.63, 3.8) is 0 Å². The Labute approximate surface area is 146 Å². The van der Waals surface area contributed by atoms with E-state index in [0.717, 1.165) is 5.69 Å². The maximum Gasteiger partial charge on any atom is 0.251 e. The van der Waals surface area contributed by atoms with Crippen LogP contribution < -0.4 is 10.2 Å². The van der Waals surface area contributed by atoms with Gasteiger partial charge in [0, 0.05) is 37.4 Å². The summed E-state index contributed by atoms with van der Waals surface area (Å²) in [6, 6.07) is 15.2. The van der Waals surface area contributed by atoms with Gasteiger partial charge < -0.3 is 15.1 Å². The highest BCUT2D eigenvalue weighted by Crippen LogP contribution is 2.16. The molecule has 2 aromatic rings. The van der Waals surface area contributed by atoms with Crippen molar-refractivity contribution in [3.8, 4) is 0 Å². The summed E-state index contributed by atoms with van der Waals surface area (Å²) in [6.45, 7) is 2.52. The van der Waals surface area contributed by atoms with Crippen LogP contribution in [0.1, 0.15) is 10.4 Å². The first-order valence-electron chi connectivity index (χ1n) is 8.25. The van der Waals surface area contributed by atoms with E-state index in [2.05, 4.69) is 10.2 Å². The number of carbonyl (C=O) groups is 2. The summed E-state index contributed by atoms with van der Waals surface area (Å²) in [4.78, 5) is 28.1. The van der Waals surface area contributed by atoms with E-state index in [4.69, 9.17) is 0 Å². The molecule has 1 fully saturated rings. The highest BCUT2D eigenvalue weighted by atomic mass is 19.1. The van der Waals surface area contributed by atoms with Gasteiger partial charge >= 0.3 is 0 Å². The second kappa shape index (κ2) is 7.79. The molecular weight excluding hydrogens is 321 g/mol. The number of benzene rings is 2. The SMILES string of the molecule is O=C(NCC(=O)N1CCN(c2ccc(F)cc2)CC1)c1ccccc1. The summed E-state index contributed by atoms with van der Waals surface area (Å²) in [5.74, 6) is -0.603. The van der Waals surface area contributed by atoms with E-state index < -0.39 is 0 Å². The molecule has 130 valence electrons. The van der Waals surface area contributed by atoms with E-state index in [1.54, 1.807) is 41.3 Å². The molecule has 3 rings (SSSR count). The molecule has 0 saturated carbocycles. The quantitative estimate of drug-likeness (QED) is 0.924. The number of hydrogen-bond acceptors (Lipinski definition) is 3. The number of anilines is 1. The Morgan fingerprint density at radius 1 is 0.920 bits per heavy atom. The van der Waals surface area contributed by atoms with Crippen molar-refractivity contribution >= 4 is 17.5 Å². The van der Waals surface area contributed by atoms with Crippen molar-refractivity contribution in [2.24, 2.45) is 0 Å². The molecule has 0 bridgehead atoms. The number of nitrogens with one attached hydrogen (secondary N) is 1. The van der Waals surface area contributed by atoms with Gasteiger partial charge in [-0.15, -0.1) is 0 Å². The van der Waals surface area contributed by atoms with Gasteiger partial charge in [0.1, 0.15) is 5.82 Å². The van der Waals surface area contributed by atoms with Crippen LogP contribution in [-0.2, 0) is 4.79 Å². The lowest BCUT2D eigenvalue weighted by Gasteiger charge is -2.36. The van der Waals surface area contributed by atoms with Gasteiger partial charge in [-0.25, -0.2) is 4.39 Å². The molecule has 1 aliphatic rings. The van der Waals surface area contributed by atoms with Crippen molar-refractivity contribution in [2.45, 2.75) is 0 Å². The molecule has 0 aliphatic carbocycles. The van der Waals surface area contributed by atoms with E-state index in [0.29, 0.717) is 31.7 Å². The summed E-state index contributed by atoms with van der Waals surface area (Å²) in [7, 11) is 0. The van der Waals surface area contributed by atoms with Gasteiger partial charge in [-0.1, -0.05) is 18.2 Å². The van der Waals surface area contributed by atoms with Crippen molar-refractivity contribution in [2.75, 3.05) is 37.6 Å². The Bertz CT molecular complexity index is 726. The molecule has 0 radical (unpaired) electrons. The van der Waals surface area contributed by atoms with Gasteiger partial charge in [-0.05, 0) is 36.4 Å². The summed E-state index contributed by atoms with van der Waals surface area (Å²) >= 11 is 0. The number of carbonyl (C=O) groups excluding carboxylic acids is 2. The van der Waals surface area contributed by atoms with Gasteiger partial charge in [0.25, 0.3) is 5.91 Å². The third-order valence-electron chi connectivity index (χ3n) is 4.26. The Kier molecular flexibility index (Phi) is 5.28. The van der Waals surface area contributed by atoms with E-state index >= 15 is 0 Å². The standard InChI is InChI=1S/C19H20FN3O2/c20-16-6-8-17(9-7-16)22-10-12-23(13-11-22)18(24)14-21-19(25)15-4-2-1-3-5-15/h1-9H,10-14H2,(H,21,25). The van der Waals surface area contributed by atoms with Gasteiger partial charge in [0.2, 0.25) is 5.91 Å². The molecule has 1 N–H and O–H groups in total. The predicted octanol–water partition coefficient (Wildman–Crippen LogP) is 1.90. The number of rotatable bonds is 4. The van der Waals surface area contributed by atoms with Crippen molar-refractivity contribution in [1.29, 1.82) is 0 Å². The monoisotopic (exact) mass is 341 g/mol. The number of piperazine rings is 1. The van der Waals surface area contributed by atoms with E-state index in [1.807, 2.05) is 6.07 Å². The smallest absolute Gasteiger partial charge is 0.251 e. The van der Waals surface area contributed by atoms with Crippen molar-refractivity contribution in [1.82, 2.24) is 10.2 Å². The van der Waals surface area contributed by atoms with Crippen LogP contribution in [0.15, 0.2) is 54.6 Å². The lowest BCUT2D eigenvalue weighted by Crippen LogP contribution is -2.51.